The van der Waals surface area contributed by atoms with Crippen LogP contribution in [0, 0.1) is 11.3 Å². The van der Waals surface area contributed by atoms with Crippen LogP contribution in [0.2, 0.25) is 0 Å². The van der Waals surface area contributed by atoms with E-state index in [-0.39, 0.29) is 5.92 Å². The Morgan fingerprint density at radius 3 is 2.29 bits per heavy atom. The van der Waals surface area contributed by atoms with Crippen molar-refractivity contribution in [3.63, 3.8) is 0 Å². The first-order valence-corrected chi connectivity index (χ1v) is 7.40. The Morgan fingerprint density at radius 1 is 1.10 bits per heavy atom. The monoisotopic (exact) mass is 345 g/mol. The van der Waals surface area contributed by atoms with Crippen LogP contribution < -0.4 is 9.47 Å². The van der Waals surface area contributed by atoms with Crippen LogP contribution in [0.3, 0.4) is 0 Å². The molecule has 0 heterocycles. The predicted molar refractivity (Wildman–Crippen MR) is 86.0 cm³/mol. The summed E-state index contributed by atoms with van der Waals surface area (Å²) >= 11 is 3.53. The van der Waals surface area contributed by atoms with Gasteiger partial charge in [0.15, 0.2) is 0 Å². The number of nitrogens with zero attached hydrogens (tertiary/aromatic N) is 1. The Balaban J connectivity index is 2.44. The summed E-state index contributed by atoms with van der Waals surface area (Å²) in [6, 6.07) is 13.0. The summed E-state index contributed by atoms with van der Waals surface area (Å²) in [5.41, 5.74) is 1.62. The van der Waals surface area contributed by atoms with E-state index < -0.39 is 0 Å². The van der Waals surface area contributed by atoms with E-state index >= 15 is 0 Å². The summed E-state index contributed by atoms with van der Waals surface area (Å²) in [5, 5.41) is 8.83. The number of benzene rings is 2. The van der Waals surface area contributed by atoms with Crippen molar-refractivity contribution < 1.29 is 9.47 Å². The molecule has 108 valence electrons. The fourth-order valence-corrected chi connectivity index (χ4v) is 2.53. The van der Waals surface area contributed by atoms with Gasteiger partial charge in [-0.1, -0.05) is 13.8 Å². The molecular weight excluding hydrogens is 330 g/mol. The van der Waals surface area contributed by atoms with Gasteiger partial charge in [0, 0.05) is 5.56 Å². The molecule has 0 aromatic heterocycles. The van der Waals surface area contributed by atoms with Gasteiger partial charge < -0.3 is 9.47 Å². The molecular formula is C17H16BrNO2. The lowest BCUT2D eigenvalue weighted by Gasteiger charge is -2.18. The molecule has 0 fully saturated rings. The quantitative estimate of drug-likeness (QED) is 0.760. The Labute approximate surface area is 133 Å². The second kappa shape index (κ2) is 6.64. The lowest BCUT2D eigenvalue weighted by atomic mass is 10.0. The maximum atomic E-state index is 8.83. The molecule has 4 heteroatoms. The standard InChI is InChI=1S/C17H16BrNO2/c1-11(2)16-15(20-3)9-8-14(18)17(16)21-13-6-4-12(10-19)5-7-13/h4-9,11H,1-3H3. The Bertz CT molecular complexity index is 672. The third-order valence-electron chi connectivity index (χ3n) is 3.11. The molecule has 0 saturated carbocycles. The van der Waals surface area contributed by atoms with Crippen LogP contribution in [-0.2, 0) is 0 Å². The van der Waals surface area contributed by atoms with Crippen LogP contribution in [0.1, 0.15) is 30.9 Å². The van der Waals surface area contributed by atoms with Crippen molar-refractivity contribution >= 4 is 15.9 Å². The molecule has 0 aliphatic heterocycles. The number of nitriles is 1. The van der Waals surface area contributed by atoms with Gasteiger partial charge in [-0.05, 0) is 58.2 Å². The first-order chi connectivity index (χ1) is 10.1. The third kappa shape index (κ3) is 3.37. The highest BCUT2D eigenvalue weighted by Gasteiger charge is 2.18. The van der Waals surface area contributed by atoms with Gasteiger partial charge in [-0.25, -0.2) is 0 Å². The molecule has 0 aliphatic rings. The summed E-state index contributed by atoms with van der Waals surface area (Å²) in [7, 11) is 1.65. The van der Waals surface area contributed by atoms with Gasteiger partial charge in [0.1, 0.15) is 17.2 Å². The van der Waals surface area contributed by atoms with Crippen LogP contribution in [0.5, 0.6) is 17.2 Å². The average Bonchev–Trinajstić information content (AvgIpc) is 2.49. The molecule has 0 amide bonds. The van der Waals surface area contributed by atoms with Crippen molar-refractivity contribution in [3.05, 3.63) is 52.0 Å². The van der Waals surface area contributed by atoms with Gasteiger partial charge in [-0.3, -0.25) is 0 Å². The van der Waals surface area contributed by atoms with Crippen LogP contribution >= 0.6 is 15.9 Å². The van der Waals surface area contributed by atoms with Crippen LogP contribution in [0.15, 0.2) is 40.9 Å². The largest absolute Gasteiger partial charge is 0.496 e. The number of hydrogen-bond acceptors (Lipinski definition) is 3. The summed E-state index contributed by atoms with van der Waals surface area (Å²) in [6.45, 7) is 4.19. The summed E-state index contributed by atoms with van der Waals surface area (Å²) < 4.78 is 12.3. The molecule has 3 nitrogen and oxygen atoms in total. The molecule has 2 aromatic carbocycles. The zero-order valence-electron chi connectivity index (χ0n) is 12.2. The maximum Gasteiger partial charge on any atom is 0.148 e. The van der Waals surface area contributed by atoms with Gasteiger partial charge >= 0.3 is 0 Å². The van der Waals surface area contributed by atoms with Crippen molar-refractivity contribution in [1.82, 2.24) is 0 Å². The number of methoxy groups -OCH3 is 1. The SMILES string of the molecule is COc1ccc(Br)c(Oc2ccc(C#N)cc2)c1C(C)C. The van der Waals surface area contributed by atoms with Gasteiger partial charge in [0.05, 0.1) is 23.2 Å². The normalized spacial score (nSPS) is 10.3. The Hall–Kier alpha value is -1.99. The predicted octanol–water partition coefficient (Wildman–Crippen LogP) is 5.25. The Morgan fingerprint density at radius 2 is 1.76 bits per heavy atom. The van der Waals surface area contributed by atoms with Gasteiger partial charge in [0.25, 0.3) is 0 Å². The maximum absolute atomic E-state index is 8.83. The smallest absolute Gasteiger partial charge is 0.148 e. The van der Waals surface area contributed by atoms with E-state index in [1.165, 1.54) is 0 Å². The van der Waals surface area contributed by atoms with Crippen molar-refractivity contribution in [3.8, 4) is 23.3 Å². The minimum Gasteiger partial charge on any atom is -0.496 e. The highest BCUT2D eigenvalue weighted by molar-refractivity contribution is 9.10. The van der Waals surface area contributed by atoms with Crippen LogP contribution in [0.4, 0.5) is 0 Å². The fourth-order valence-electron chi connectivity index (χ4n) is 2.10. The van der Waals surface area contributed by atoms with E-state index in [2.05, 4.69) is 35.8 Å². The van der Waals surface area contributed by atoms with Crippen molar-refractivity contribution in [2.24, 2.45) is 0 Å². The highest BCUT2D eigenvalue weighted by Crippen LogP contribution is 2.42. The molecule has 2 rings (SSSR count). The van der Waals surface area contributed by atoms with E-state index in [0.29, 0.717) is 11.3 Å². The van der Waals surface area contributed by atoms with Crippen molar-refractivity contribution in [2.45, 2.75) is 19.8 Å². The van der Waals surface area contributed by atoms with E-state index in [9.17, 15) is 0 Å². The molecule has 0 spiro atoms. The topological polar surface area (TPSA) is 42.2 Å². The summed E-state index contributed by atoms with van der Waals surface area (Å²) in [5.74, 6) is 2.49. The number of hydrogen-bond donors (Lipinski definition) is 0. The zero-order valence-corrected chi connectivity index (χ0v) is 13.8. The molecule has 0 radical (unpaired) electrons. The van der Waals surface area contributed by atoms with E-state index in [4.69, 9.17) is 14.7 Å². The molecule has 2 aromatic rings. The Kier molecular flexibility index (Phi) is 4.87. The van der Waals surface area contributed by atoms with E-state index in [1.807, 2.05) is 12.1 Å². The minimum absolute atomic E-state index is 0.255. The molecule has 21 heavy (non-hydrogen) atoms. The first-order valence-electron chi connectivity index (χ1n) is 6.61. The molecule has 0 bridgehead atoms. The minimum atomic E-state index is 0.255. The van der Waals surface area contributed by atoms with Crippen molar-refractivity contribution in [1.29, 1.82) is 5.26 Å². The summed E-state index contributed by atoms with van der Waals surface area (Å²) in [6.07, 6.45) is 0. The molecule has 0 unspecified atom stereocenters. The molecule has 0 atom stereocenters. The average molecular weight is 346 g/mol. The van der Waals surface area contributed by atoms with Crippen LogP contribution in [-0.4, -0.2) is 7.11 Å². The number of rotatable bonds is 4. The second-order valence-electron chi connectivity index (χ2n) is 4.89. The number of ether oxygens (including phenoxy) is 2. The lowest BCUT2D eigenvalue weighted by Crippen LogP contribution is -1.99. The van der Waals surface area contributed by atoms with Crippen LogP contribution in [0.25, 0.3) is 0 Å². The first kappa shape index (κ1) is 15.4. The van der Waals surface area contributed by atoms with E-state index in [0.717, 1.165) is 21.5 Å². The van der Waals surface area contributed by atoms with Crippen molar-refractivity contribution in [2.75, 3.05) is 7.11 Å². The van der Waals surface area contributed by atoms with Gasteiger partial charge in [0.2, 0.25) is 0 Å². The van der Waals surface area contributed by atoms with E-state index in [1.54, 1.807) is 31.4 Å². The van der Waals surface area contributed by atoms with Gasteiger partial charge in [-0.2, -0.15) is 5.26 Å². The fraction of sp³-hybridized carbons (Fsp3) is 0.235. The summed E-state index contributed by atoms with van der Waals surface area (Å²) in [4.78, 5) is 0. The molecule has 0 N–H and O–H groups in total. The highest BCUT2D eigenvalue weighted by atomic mass is 79.9. The number of halogens is 1. The third-order valence-corrected chi connectivity index (χ3v) is 3.73. The second-order valence-corrected chi connectivity index (χ2v) is 5.74. The lowest BCUT2D eigenvalue weighted by molar-refractivity contribution is 0.397. The molecule has 0 aliphatic carbocycles. The molecule has 0 saturated heterocycles. The zero-order chi connectivity index (χ0) is 15.4. The van der Waals surface area contributed by atoms with Gasteiger partial charge in [-0.15, -0.1) is 0 Å².